The topological polar surface area (TPSA) is 52.0 Å². The monoisotopic (exact) mass is 218 g/mol. The molecule has 0 saturated carbocycles. The molecule has 2 N–H and O–H groups in total. The fourth-order valence-corrected chi connectivity index (χ4v) is 1.15. The van der Waals surface area contributed by atoms with Gasteiger partial charge in [-0.1, -0.05) is 19.0 Å². The van der Waals surface area contributed by atoms with Crippen molar-refractivity contribution >= 4 is 21.8 Å². The predicted octanol–water partition coefficient (Wildman–Crippen LogP) is 2.22. The first kappa shape index (κ1) is 8.59. The second-order valence-electron chi connectivity index (χ2n) is 2.91. The number of anilines is 1. The van der Waals surface area contributed by atoms with Gasteiger partial charge in [0.25, 0.3) is 0 Å². The third kappa shape index (κ3) is 1.96. The van der Waals surface area contributed by atoms with E-state index in [1.165, 1.54) is 0 Å². The minimum atomic E-state index is 0.362. The van der Waals surface area contributed by atoms with Crippen LogP contribution in [0.1, 0.15) is 19.5 Å². The first-order valence-electron chi connectivity index (χ1n) is 3.50. The molecule has 0 amide bonds. The molecule has 1 aromatic rings. The molecule has 3 nitrogen and oxygen atoms in total. The van der Waals surface area contributed by atoms with Gasteiger partial charge in [0, 0.05) is 0 Å². The Morgan fingerprint density at radius 1 is 1.64 bits per heavy atom. The van der Waals surface area contributed by atoms with Gasteiger partial charge in [-0.2, -0.15) is 0 Å². The number of hydrogen-bond acceptors (Lipinski definition) is 3. The number of hydrogen-bond donors (Lipinski definition) is 1. The highest BCUT2D eigenvalue weighted by atomic mass is 79.9. The molecule has 0 aliphatic rings. The van der Waals surface area contributed by atoms with Gasteiger partial charge >= 0.3 is 0 Å². The smallest absolute Gasteiger partial charge is 0.236 e. The van der Waals surface area contributed by atoms with Gasteiger partial charge in [0.15, 0.2) is 0 Å². The van der Waals surface area contributed by atoms with Gasteiger partial charge in [-0.15, -0.1) is 0 Å². The number of nitrogens with two attached hydrogens (primary N) is 1. The lowest BCUT2D eigenvalue weighted by Crippen LogP contribution is -1.94. The zero-order valence-corrected chi connectivity index (χ0v) is 8.18. The zero-order chi connectivity index (χ0) is 8.43. The highest BCUT2D eigenvalue weighted by Gasteiger charge is 2.11. The Morgan fingerprint density at radius 3 is 2.64 bits per heavy atom. The largest absolute Gasteiger partial charge is 0.367 e. The molecule has 0 radical (unpaired) electrons. The molecule has 0 spiro atoms. The van der Waals surface area contributed by atoms with Crippen molar-refractivity contribution in [1.29, 1.82) is 0 Å². The van der Waals surface area contributed by atoms with E-state index in [4.69, 9.17) is 10.3 Å². The average Bonchev–Trinajstić information content (AvgIpc) is 2.18. The Bertz CT molecular complexity index is 245. The molecule has 0 saturated heterocycles. The third-order valence-corrected chi connectivity index (χ3v) is 2.17. The number of rotatable bonds is 2. The molecule has 0 atom stereocenters. The standard InChI is InChI=1S/C7H11BrN2O/c1-4(2)3-5-6(8)7(9)11-10-5/h4H,3,9H2,1-2H3. The van der Waals surface area contributed by atoms with Gasteiger partial charge in [0.05, 0.1) is 0 Å². The summed E-state index contributed by atoms with van der Waals surface area (Å²) in [5, 5.41) is 3.81. The maximum absolute atomic E-state index is 5.44. The van der Waals surface area contributed by atoms with E-state index >= 15 is 0 Å². The first-order chi connectivity index (χ1) is 5.11. The van der Waals surface area contributed by atoms with Gasteiger partial charge in [-0.05, 0) is 28.3 Å². The van der Waals surface area contributed by atoms with Crippen LogP contribution in [0.4, 0.5) is 5.88 Å². The molecule has 0 aliphatic carbocycles. The SMILES string of the molecule is CC(C)Cc1noc(N)c1Br. The summed E-state index contributed by atoms with van der Waals surface area (Å²) in [6.45, 7) is 4.24. The van der Waals surface area contributed by atoms with Gasteiger partial charge in [0.2, 0.25) is 5.88 Å². The Hall–Kier alpha value is -0.510. The number of halogens is 1. The Labute approximate surface area is 74.1 Å². The maximum atomic E-state index is 5.44. The molecule has 1 rings (SSSR count). The van der Waals surface area contributed by atoms with Crippen LogP contribution >= 0.6 is 15.9 Å². The van der Waals surface area contributed by atoms with Crippen molar-refractivity contribution in [3.8, 4) is 0 Å². The second kappa shape index (κ2) is 3.26. The Balaban J connectivity index is 2.79. The Kier molecular flexibility index (Phi) is 2.54. The van der Waals surface area contributed by atoms with Crippen LogP contribution in [0.25, 0.3) is 0 Å². The summed E-state index contributed by atoms with van der Waals surface area (Å²) in [5.74, 6) is 0.927. The van der Waals surface area contributed by atoms with Crippen LogP contribution in [0.2, 0.25) is 0 Å². The van der Waals surface area contributed by atoms with Crippen molar-refractivity contribution in [3.05, 3.63) is 10.2 Å². The molecular formula is C7H11BrN2O. The summed E-state index contributed by atoms with van der Waals surface area (Å²) in [7, 11) is 0. The second-order valence-corrected chi connectivity index (χ2v) is 3.70. The fraction of sp³-hybridized carbons (Fsp3) is 0.571. The molecule has 1 aromatic heterocycles. The van der Waals surface area contributed by atoms with Crippen molar-refractivity contribution in [2.24, 2.45) is 5.92 Å². The summed E-state index contributed by atoms with van der Waals surface area (Å²) in [6, 6.07) is 0. The molecule has 0 aromatic carbocycles. The zero-order valence-electron chi connectivity index (χ0n) is 6.60. The minimum Gasteiger partial charge on any atom is -0.367 e. The molecule has 0 fully saturated rings. The van der Waals surface area contributed by atoms with Crippen molar-refractivity contribution in [1.82, 2.24) is 5.16 Å². The average molecular weight is 219 g/mol. The third-order valence-electron chi connectivity index (χ3n) is 1.33. The van der Waals surface area contributed by atoms with Crippen molar-refractivity contribution in [2.45, 2.75) is 20.3 Å². The summed E-state index contributed by atoms with van der Waals surface area (Å²) >= 11 is 3.30. The number of aromatic nitrogens is 1. The van der Waals surface area contributed by atoms with Crippen LogP contribution < -0.4 is 5.73 Å². The van der Waals surface area contributed by atoms with Gasteiger partial charge in [-0.25, -0.2) is 0 Å². The van der Waals surface area contributed by atoms with Crippen LogP contribution in [0.15, 0.2) is 9.00 Å². The minimum absolute atomic E-state index is 0.362. The van der Waals surface area contributed by atoms with E-state index in [2.05, 4.69) is 34.9 Å². The van der Waals surface area contributed by atoms with Gasteiger partial charge in [0.1, 0.15) is 10.2 Å². The molecule has 0 bridgehead atoms. The highest BCUT2D eigenvalue weighted by Crippen LogP contribution is 2.24. The van der Waals surface area contributed by atoms with E-state index in [0.29, 0.717) is 11.8 Å². The maximum Gasteiger partial charge on any atom is 0.236 e. The van der Waals surface area contributed by atoms with Crippen LogP contribution in [0, 0.1) is 5.92 Å². The normalized spacial score (nSPS) is 10.9. The summed E-state index contributed by atoms with van der Waals surface area (Å²) in [5.41, 5.74) is 6.34. The molecule has 0 aliphatic heterocycles. The van der Waals surface area contributed by atoms with E-state index < -0.39 is 0 Å². The summed E-state index contributed by atoms with van der Waals surface area (Å²) in [6.07, 6.45) is 0.890. The summed E-state index contributed by atoms with van der Waals surface area (Å²) in [4.78, 5) is 0. The lowest BCUT2D eigenvalue weighted by Gasteiger charge is -1.98. The number of nitrogen functional groups attached to an aromatic ring is 1. The van der Waals surface area contributed by atoms with E-state index in [1.54, 1.807) is 0 Å². The van der Waals surface area contributed by atoms with Gasteiger partial charge in [-0.3, -0.25) is 0 Å². The van der Waals surface area contributed by atoms with E-state index in [0.717, 1.165) is 16.6 Å². The van der Waals surface area contributed by atoms with E-state index in [-0.39, 0.29) is 0 Å². The fourth-order valence-electron chi connectivity index (χ4n) is 0.840. The van der Waals surface area contributed by atoms with E-state index in [9.17, 15) is 0 Å². The van der Waals surface area contributed by atoms with Crippen molar-refractivity contribution < 1.29 is 4.52 Å². The number of nitrogens with zero attached hydrogens (tertiary/aromatic N) is 1. The predicted molar refractivity (Wildman–Crippen MR) is 47.2 cm³/mol. The first-order valence-corrected chi connectivity index (χ1v) is 4.30. The Morgan fingerprint density at radius 2 is 2.27 bits per heavy atom. The summed E-state index contributed by atoms with van der Waals surface area (Å²) < 4.78 is 5.57. The van der Waals surface area contributed by atoms with Crippen molar-refractivity contribution in [3.63, 3.8) is 0 Å². The molecule has 1 heterocycles. The molecule has 0 unspecified atom stereocenters. The van der Waals surface area contributed by atoms with Crippen LogP contribution in [0.5, 0.6) is 0 Å². The van der Waals surface area contributed by atoms with Crippen LogP contribution in [-0.4, -0.2) is 5.16 Å². The van der Waals surface area contributed by atoms with Crippen LogP contribution in [-0.2, 0) is 6.42 Å². The van der Waals surface area contributed by atoms with Crippen LogP contribution in [0.3, 0.4) is 0 Å². The molecule has 4 heteroatoms. The van der Waals surface area contributed by atoms with Crippen molar-refractivity contribution in [2.75, 3.05) is 5.73 Å². The molecular weight excluding hydrogens is 208 g/mol. The molecule has 62 valence electrons. The molecule has 11 heavy (non-hydrogen) atoms. The van der Waals surface area contributed by atoms with E-state index in [1.807, 2.05) is 0 Å². The quantitative estimate of drug-likeness (QED) is 0.829. The van der Waals surface area contributed by atoms with Gasteiger partial charge < -0.3 is 10.3 Å². The highest BCUT2D eigenvalue weighted by molar-refractivity contribution is 9.10. The lowest BCUT2D eigenvalue weighted by molar-refractivity contribution is 0.422. The lowest BCUT2D eigenvalue weighted by atomic mass is 10.1.